The molecular formula is C12H17N. The summed E-state index contributed by atoms with van der Waals surface area (Å²) in [5.74, 6) is 0. The topological polar surface area (TPSA) is 12.9 Å². The predicted octanol–water partition coefficient (Wildman–Crippen LogP) is 3.51. The highest BCUT2D eigenvalue weighted by Gasteiger charge is 2.03. The minimum absolute atomic E-state index is 1.04. The van der Waals surface area contributed by atoms with Gasteiger partial charge in [-0.2, -0.15) is 0 Å². The van der Waals surface area contributed by atoms with Crippen LogP contribution >= 0.6 is 0 Å². The first-order chi connectivity index (χ1) is 6.15. The Bertz CT molecular complexity index is 313. The molecule has 0 aliphatic carbocycles. The lowest BCUT2D eigenvalue weighted by Crippen LogP contribution is -1.93. The summed E-state index contributed by atoms with van der Waals surface area (Å²) in [6.45, 7) is 10.4. The molecule has 1 heteroatoms. The van der Waals surface area contributed by atoms with Gasteiger partial charge in [0.2, 0.25) is 0 Å². The van der Waals surface area contributed by atoms with E-state index in [-0.39, 0.29) is 0 Å². The van der Waals surface area contributed by atoms with Crippen molar-refractivity contribution >= 4 is 5.57 Å². The molecule has 0 unspecified atom stereocenters. The number of allylic oxidation sites excluding steroid dienone is 1. The van der Waals surface area contributed by atoms with Crippen LogP contribution < -0.4 is 0 Å². The van der Waals surface area contributed by atoms with Crippen LogP contribution in [0.5, 0.6) is 0 Å². The van der Waals surface area contributed by atoms with Crippen LogP contribution in [0.25, 0.3) is 5.57 Å². The van der Waals surface area contributed by atoms with Gasteiger partial charge in [0, 0.05) is 6.20 Å². The summed E-state index contributed by atoms with van der Waals surface area (Å²) in [7, 11) is 0. The number of rotatable bonds is 3. The maximum atomic E-state index is 4.40. The third-order valence-electron chi connectivity index (χ3n) is 2.10. The monoisotopic (exact) mass is 175 g/mol. The van der Waals surface area contributed by atoms with Crippen molar-refractivity contribution in [2.45, 2.75) is 33.6 Å². The van der Waals surface area contributed by atoms with Gasteiger partial charge in [0.1, 0.15) is 0 Å². The predicted molar refractivity (Wildman–Crippen MR) is 57.7 cm³/mol. The Balaban J connectivity index is 2.95. The van der Waals surface area contributed by atoms with Gasteiger partial charge in [-0.05, 0) is 37.0 Å². The molecule has 0 atom stereocenters. The molecule has 0 aliphatic heterocycles. The highest BCUT2D eigenvalue weighted by Crippen LogP contribution is 2.19. The fourth-order valence-corrected chi connectivity index (χ4v) is 1.51. The Morgan fingerprint density at radius 1 is 1.46 bits per heavy atom. The summed E-state index contributed by atoms with van der Waals surface area (Å²) in [5.41, 5.74) is 4.68. The number of aromatic nitrogens is 1. The second-order valence-corrected chi connectivity index (χ2v) is 3.53. The van der Waals surface area contributed by atoms with Crippen LogP contribution in [0.15, 0.2) is 18.8 Å². The standard InChI is InChI=1S/C12H17N/c1-5-6-10(3)12-11(4)7-9(2)8-13-12/h7-8H,3,5-6H2,1-2,4H3. The average Bonchev–Trinajstić information content (AvgIpc) is 2.04. The fourth-order valence-electron chi connectivity index (χ4n) is 1.51. The van der Waals surface area contributed by atoms with E-state index in [4.69, 9.17) is 0 Å². The Kier molecular flexibility index (Phi) is 3.24. The molecule has 0 fully saturated rings. The van der Waals surface area contributed by atoms with Gasteiger partial charge in [0.05, 0.1) is 5.69 Å². The van der Waals surface area contributed by atoms with E-state index in [2.05, 4.69) is 38.4 Å². The van der Waals surface area contributed by atoms with Crippen LogP contribution in [0, 0.1) is 13.8 Å². The number of pyridine rings is 1. The van der Waals surface area contributed by atoms with Crippen LogP contribution in [0.2, 0.25) is 0 Å². The Morgan fingerprint density at radius 3 is 2.69 bits per heavy atom. The van der Waals surface area contributed by atoms with E-state index in [9.17, 15) is 0 Å². The van der Waals surface area contributed by atoms with Gasteiger partial charge in [-0.15, -0.1) is 0 Å². The van der Waals surface area contributed by atoms with Crippen LogP contribution in [0.1, 0.15) is 36.6 Å². The maximum Gasteiger partial charge on any atom is 0.0685 e. The van der Waals surface area contributed by atoms with Crippen molar-refractivity contribution in [2.75, 3.05) is 0 Å². The number of nitrogens with zero attached hydrogens (tertiary/aromatic N) is 1. The second kappa shape index (κ2) is 4.22. The summed E-state index contributed by atoms with van der Waals surface area (Å²) in [6, 6.07) is 2.16. The molecule has 0 saturated carbocycles. The lowest BCUT2D eigenvalue weighted by Gasteiger charge is -2.07. The van der Waals surface area contributed by atoms with Gasteiger partial charge in [0.15, 0.2) is 0 Å². The number of hydrogen-bond acceptors (Lipinski definition) is 1. The summed E-state index contributed by atoms with van der Waals surface area (Å²) in [4.78, 5) is 4.40. The molecule has 1 nitrogen and oxygen atoms in total. The molecule has 0 N–H and O–H groups in total. The van der Waals surface area contributed by atoms with Gasteiger partial charge in [-0.3, -0.25) is 4.98 Å². The Labute approximate surface area is 80.5 Å². The van der Waals surface area contributed by atoms with E-state index in [1.807, 2.05) is 6.20 Å². The zero-order chi connectivity index (χ0) is 9.84. The first kappa shape index (κ1) is 9.97. The average molecular weight is 175 g/mol. The first-order valence-electron chi connectivity index (χ1n) is 4.76. The summed E-state index contributed by atoms with van der Waals surface area (Å²) < 4.78 is 0. The number of aryl methyl sites for hydroxylation is 2. The van der Waals surface area contributed by atoms with Gasteiger partial charge < -0.3 is 0 Å². The van der Waals surface area contributed by atoms with Crippen LogP contribution in [-0.2, 0) is 0 Å². The summed E-state index contributed by atoms with van der Waals surface area (Å²) >= 11 is 0. The minimum Gasteiger partial charge on any atom is -0.256 e. The van der Waals surface area contributed by atoms with Crippen molar-refractivity contribution in [3.63, 3.8) is 0 Å². The molecule has 70 valence electrons. The lowest BCUT2D eigenvalue weighted by atomic mass is 10.0. The van der Waals surface area contributed by atoms with Gasteiger partial charge in [0.25, 0.3) is 0 Å². The molecule has 0 saturated heterocycles. The molecule has 0 radical (unpaired) electrons. The van der Waals surface area contributed by atoms with Gasteiger partial charge in [-0.1, -0.05) is 26.0 Å². The van der Waals surface area contributed by atoms with Gasteiger partial charge in [-0.25, -0.2) is 0 Å². The zero-order valence-electron chi connectivity index (χ0n) is 8.72. The molecular weight excluding hydrogens is 158 g/mol. The SMILES string of the molecule is C=C(CCC)c1ncc(C)cc1C. The molecule has 1 aromatic heterocycles. The largest absolute Gasteiger partial charge is 0.256 e. The number of hydrogen-bond donors (Lipinski definition) is 0. The Morgan fingerprint density at radius 2 is 2.15 bits per heavy atom. The fraction of sp³-hybridized carbons (Fsp3) is 0.417. The van der Waals surface area contributed by atoms with E-state index >= 15 is 0 Å². The normalized spacial score (nSPS) is 10.1. The highest BCUT2D eigenvalue weighted by atomic mass is 14.7. The molecule has 0 bridgehead atoms. The van der Waals surface area contributed by atoms with Crippen molar-refractivity contribution in [1.82, 2.24) is 4.98 Å². The van der Waals surface area contributed by atoms with Crippen LogP contribution in [0.3, 0.4) is 0 Å². The van der Waals surface area contributed by atoms with Crippen molar-refractivity contribution in [3.05, 3.63) is 35.7 Å². The Hall–Kier alpha value is -1.11. The molecule has 1 rings (SSSR count). The quantitative estimate of drug-likeness (QED) is 0.685. The van der Waals surface area contributed by atoms with Gasteiger partial charge >= 0.3 is 0 Å². The third-order valence-corrected chi connectivity index (χ3v) is 2.10. The van der Waals surface area contributed by atoms with E-state index in [1.54, 1.807) is 0 Å². The maximum absolute atomic E-state index is 4.40. The highest BCUT2D eigenvalue weighted by molar-refractivity contribution is 5.62. The van der Waals surface area contributed by atoms with E-state index in [0.717, 1.165) is 24.1 Å². The molecule has 13 heavy (non-hydrogen) atoms. The summed E-state index contributed by atoms with van der Waals surface area (Å²) in [5, 5.41) is 0. The molecule has 0 aliphatic rings. The van der Waals surface area contributed by atoms with E-state index < -0.39 is 0 Å². The molecule has 0 aromatic carbocycles. The van der Waals surface area contributed by atoms with Crippen molar-refractivity contribution < 1.29 is 0 Å². The van der Waals surface area contributed by atoms with E-state index in [0.29, 0.717) is 0 Å². The lowest BCUT2D eigenvalue weighted by molar-refractivity contribution is 0.963. The van der Waals surface area contributed by atoms with Crippen LogP contribution in [-0.4, -0.2) is 4.98 Å². The molecule has 0 amide bonds. The van der Waals surface area contributed by atoms with Crippen LogP contribution in [0.4, 0.5) is 0 Å². The summed E-state index contributed by atoms with van der Waals surface area (Å²) in [6.07, 6.45) is 4.08. The zero-order valence-corrected chi connectivity index (χ0v) is 8.72. The van der Waals surface area contributed by atoms with E-state index in [1.165, 1.54) is 11.1 Å². The first-order valence-corrected chi connectivity index (χ1v) is 4.76. The smallest absolute Gasteiger partial charge is 0.0685 e. The molecule has 1 heterocycles. The molecule has 1 aromatic rings. The minimum atomic E-state index is 1.04. The third kappa shape index (κ3) is 2.41. The van der Waals surface area contributed by atoms with Crippen molar-refractivity contribution in [3.8, 4) is 0 Å². The second-order valence-electron chi connectivity index (χ2n) is 3.53. The van der Waals surface area contributed by atoms with Crippen molar-refractivity contribution in [1.29, 1.82) is 0 Å². The van der Waals surface area contributed by atoms with Crippen molar-refractivity contribution in [2.24, 2.45) is 0 Å². The molecule has 0 spiro atoms.